The van der Waals surface area contributed by atoms with Crippen LogP contribution in [0.2, 0.25) is 0 Å². The quantitative estimate of drug-likeness (QED) is 0.590. The van der Waals surface area contributed by atoms with Crippen LogP contribution in [0.1, 0.15) is 42.5 Å². The number of hydrogen-bond acceptors (Lipinski definition) is 4. The Morgan fingerprint density at radius 1 is 0.964 bits per heavy atom. The van der Waals surface area contributed by atoms with Gasteiger partial charge >= 0.3 is 0 Å². The van der Waals surface area contributed by atoms with Gasteiger partial charge in [-0.1, -0.05) is 41.3 Å². The van der Waals surface area contributed by atoms with Gasteiger partial charge in [0.05, 0.1) is 21.3 Å². The van der Waals surface area contributed by atoms with Crippen LogP contribution in [-0.2, 0) is 0 Å². The highest BCUT2D eigenvalue weighted by atomic mass is 79.9. The van der Waals surface area contributed by atoms with E-state index in [-0.39, 0.29) is 11.9 Å². The van der Waals surface area contributed by atoms with Gasteiger partial charge in [0.2, 0.25) is 5.75 Å². The number of ether oxygens (including phenoxy) is 3. The van der Waals surface area contributed by atoms with Crippen molar-refractivity contribution in [1.82, 2.24) is 0 Å². The zero-order valence-corrected chi connectivity index (χ0v) is 18.1. The van der Waals surface area contributed by atoms with Crippen LogP contribution in [0.25, 0.3) is 0 Å². The highest BCUT2D eigenvalue weighted by molar-refractivity contribution is 9.10. The second-order valence-corrected chi connectivity index (χ2v) is 7.78. The summed E-state index contributed by atoms with van der Waals surface area (Å²) in [4.78, 5) is 15.6. The van der Waals surface area contributed by atoms with Crippen molar-refractivity contribution in [3.05, 3.63) is 46.4 Å². The lowest BCUT2D eigenvalue weighted by Gasteiger charge is -2.35. The van der Waals surface area contributed by atoms with Crippen molar-refractivity contribution in [2.24, 2.45) is 0 Å². The number of carbonyl (C=O) groups is 1. The molecule has 1 amide bonds. The predicted octanol–water partition coefficient (Wildman–Crippen LogP) is 5.45. The Kier molecular flexibility index (Phi) is 6.83. The van der Waals surface area contributed by atoms with Crippen LogP contribution in [0.4, 0.5) is 5.69 Å². The molecule has 0 N–H and O–H groups in total. The summed E-state index contributed by atoms with van der Waals surface area (Å²) in [7, 11) is 4.66. The lowest BCUT2D eigenvalue weighted by atomic mass is 9.93. The zero-order valence-electron chi connectivity index (χ0n) is 16.5. The molecule has 2 aromatic rings. The summed E-state index contributed by atoms with van der Waals surface area (Å²) in [6.07, 6.45) is 5.50. The molecule has 0 aliphatic heterocycles. The Morgan fingerprint density at radius 2 is 1.61 bits per heavy atom. The van der Waals surface area contributed by atoms with Gasteiger partial charge in [-0.25, -0.2) is 0 Å². The maximum atomic E-state index is 13.7. The average Bonchev–Trinajstić information content (AvgIpc) is 2.73. The van der Waals surface area contributed by atoms with Crippen molar-refractivity contribution in [3.63, 3.8) is 0 Å². The summed E-state index contributed by atoms with van der Waals surface area (Å²) in [5, 5.41) is 0. The summed E-state index contributed by atoms with van der Waals surface area (Å²) in [6.45, 7) is 0. The molecule has 3 rings (SSSR count). The minimum Gasteiger partial charge on any atom is -0.493 e. The van der Waals surface area contributed by atoms with Crippen LogP contribution in [0, 0.1) is 0 Å². The molecule has 28 heavy (non-hydrogen) atoms. The summed E-state index contributed by atoms with van der Waals surface area (Å²) < 4.78 is 17.2. The first kappa shape index (κ1) is 20.5. The molecule has 5 nitrogen and oxygen atoms in total. The van der Waals surface area contributed by atoms with E-state index in [1.165, 1.54) is 6.42 Å². The van der Waals surface area contributed by atoms with E-state index in [2.05, 4.69) is 15.9 Å². The number of methoxy groups -OCH3 is 3. The van der Waals surface area contributed by atoms with Crippen molar-refractivity contribution in [2.75, 3.05) is 26.2 Å². The van der Waals surface area contributed by atoms with E-state index in [1.54, 1.807) is 33.5 Å². The fraction of sp³-hybridized carbons (Fsp3) is 0.409. The van der Waals surface area contributed by atoms with Crippen LogP contribution >= 0.6 is 15.9 Å². The molecule has 1 saturated carbocycles. The minimum absolute atomic E-state index is 0.0655. The van der Waals surface area contributed by atoms with Crippen LogP contribution < -0.4 is 19.1 Å². The molecule has 6 heteroatoms. The van der Waals surface area contributed by atoms with Gasteiger partial charge in [-0.05, 0) is 43.2 Å². The largest absolute Gasteiger partial charge is 0.493 e. The van der Waals surface area contributed by atoms with Gasteiger partial charge in [0.15, 0.2) is 11.5 Å². The molecule has 0 radical (unpaired) electrons. The molecule has 0 unspecified atom stereocenters. The van der Waals surface area contributed by atoms with Crippen molar-refractivity contribution >= 4 is 27.5 Å². The fourth-order valence-corrected chi connectivity index (χ4v) is 4.19. The Hall–Kier alpha value is -2.21. The van der Waals surface area contributed by atoms with Crippen LogP contribution in [0.5, 0.6) is 17.2 Å². The van der Waals surface area contributed by atoms with Gasteiger partial charge in [-0.15, -0.1) is 0 Å². The monoisotopic (exact) mass is 447 g/mol. The first-order valence-corrected chi connectivity index (χ1v) is 10.3. The molecule has 0 atom stereocenters. The summed E-state index contributed by atoms with van der Waals surface area (Å²) in [5.41, 5.74) is 1.40. The molecular weight excluding hydrogens is 422 g/mol. The SMILES string of the molecule is COc1cc(C(=O)N(c2cccc(Br)c2)C2CCCCC2)cc(OC)c1OC. The fourth-order valence-electron chi connectivity index (χ4n) is 3.80. The van der Waals surface area contributed by atoms with Gasteiger partial charge in [0, 0.05) is 21.8 Å². The Bertz CT molecular complexity index is 808. The predicted molar refractivity (Wildman–Crippen MR) is 114 cm³/mol. The second kappa shape index (κ2) is 9.32. The Balaban J connectivity index is 2.06. The Morgan fingerprint density at radius 3 is 2.14 bits per heavy atom. The second-order valence-electron chi connectivity index (χ2n) is 6.86. The summed E-state index contributed by atoms with van der Waals surface area (Å²) >= 11 is 3.53. The molecule has 1 fully saturated rings. The standard InChI is InChI=1S/C22H26BrNO4/c1-26-19-12-15(13-20(27-2)21(19)28-3)22(25)24(17-9-5-4-6-10-17)18-11-7-8-16(23)14-18/h7-8,11-14,17H,4-6,9-10H2,1-3H3. The number of rotatable bonds is 6. The van der Waals surface area contributed by atoms with E-state index in [0.717, 1.165) is 35.8 Å². The first-order valence-electron chi connectivity index (χ1n) is 9.48. The number of hydrogen-bond donors (Lipinski definition) is 0. The lowest BCUT2D eigenvalue weighted by Crippen LogP contribution is -2.41. The summed E-state index contributed by atoms with van der Waals surface area (Å²) in [6, 6.07) is 11.5. The number of nitrogens with zero attached hydrogens (tertiary/aromatic N) is 1. The van der Waals surface area contributed by atoms with E-state index in [9.17, 15) is 4.79 Å². The van der Waals surface area contributed by atoms with Crippen molar-refractivity contribution in [1.29, 1.82) is 0 Å². The zero-order chi connectivity index (χ0) is 20.1. The van der Waals surface area contributed by atoms with Gasteiger partial charge in [-0.3, -0.25) is 4.79 Å². The highest BCUT2D eigenvalue weighted by Gasteiger charge is 2.29. The number of anilines is 1. The van der Waals surface area contributed by atoms with Gasteiger partial charge in [0.1, 0.15) is 0 Å². The lowest BCUT2D eigenvalue weighted by molar-refractivity contribution is 0.0970. The number of amides is 1. The molecule has 0 saturated heterocycles. The third-order valence-electron chi connectivity index (χ3n) is 5.16. The Labute approximate surface area is 174 Å². The molecule has 0 heterocycles. The number of carbonyl (C=O) groups excluding carboxylic acids is 1. The number of halogens is 1. The van der Waals surface area contributed by atoms with Crippen molar-refractivity contribution in [2.45, 2.75) is 38.1 Å². The van der Waals surface area contributed by atoms with E-state index < -0.39 is 0 Å². The van der Waals surface area contributed by atoms with E-state index in [1.807, 2.05) is 29.2 Å². The van der Waals surface area contributed by atoms with E-state index in [4.69, 9.17) is 14.2 Å². The summed E-state index contributed by atoms with van der Waals surface area (Å²) in [5.74, 6) is 1.36. The van der Waals surface area contributed by atoms with E-state index >= 15 is 0 Å². The highest BCUT2D eigenvalue weighted by Crippen LogP contribution is 2.39. The first-order chi connectivity index (χ1) is 13.6. The van der Waals surface area contributed by atoms with Crippen LogP contribution in [-0.4, -0.2) is 33.3 Å². The molecule has 1 aliphatic carbocycles. The molecule has 0 aromatic heterocycles. The van der Waals surface area contributed by atoms with E-state index in [0.29, 0.717) is 22.8 Å². The number of benzene rings is 2. The van der Waals surface area contributed by atoms with Crippen molar-refractivity contribution in [3.8, 4) is 17.2 Å². The van der Waals surface area contributed by atoms with Crippen LogP contribution in [0.3, 0.4) is 0 Å². The molecule has 150 valence electrons. The third kappa shape index (κ3) is 4.27. The topological polar surface area (TPSA) is 48.0 Å². The molecular formula is C22H26BrNO4. The van der Waals surface area contributed by atoms with Crippen LogP contribution in [0.15, 0.2) is 40.9 Å². The normalized spacial score (nSPS) is 14.4. The third-order valence-corrected chi connectivity index (χ3v) is 5.65. The average molecular weight is 448 g/mol. The van der Waals surface area contributed by atoms with Gasteiger partial charge in [0.25, 0.3) is 5.91 Å². The molecule has 2 aromatic carbocycles. The van der Waals surface area contributed by atoms with Gasteiger partial charge < -0.3 is 19.1 Å². The minimum atomic E-state index is -0.0655. The van der Waals surface area contributed by atoms with Gasteiger partial charge in [-0.2, -0.15) is 0 Å². The molecule has 0 bridgehead atoms. The molecule has 0 spiro atoms. The maximum Gasteiger partial charge on any atom is 0.258 e. The molecule has 1 aliphatic rings. The maximum absolute atomic E-state index is 13.7. The smallest absolute Gasteiger partial charge is 0.258 e. The van der Waals surface area contributed by atoms with Crippen molar-refractivity contribution < 1.29 is 19.0 Å².